The summed E-state index contributed by atoms with van der Waals surface area (Å²) in [6.07, 6.45) is 0.366. The van der Waals surface area contributed by atoms with Crippen LogP contribution in [0.4, 0.5) is 4.79 Å². The summed E-state index contributed by atoms with van der Waals surface area (Å²) in [7, 11) is 1.24. The Labute approximate surface area is 106 Å². The maximum atomic E-state index is 11.9. The summed E-state index contributed by atoms with van der Waals surface area (Å²) in [5, 5.41) is 0. The van der Waals surface area contributed by atoms with Crippen LogP contribution in [-0.2, 0) is 19.1 Å². The smallest absolute Gasteiger partial charge is 0.411 e. The number of methoxy groups -OCH3 is 1. The van der Waals surface area contributed by atoms with Gasteiger partial charge in [0.05, 0.1) is 7.11 Å². The fourth-order valence-corrected chi connectivity index (χ4v) is 1.91. The first-order valence-corrected chi connectivity index (χ1v) is 5.79. The van der Waals surface area contributed by atoms with Gasteiger partial charge in [0.1, 0.15) is 11.9 Å². The SMILES string of the molecule is COC(=O)C1(CC=O)CCN1C(=O)OC(C)(C)C. The first-order valence-electron chi connectivity index (χ1n) is 5.79. The van der Waals surface area contributed by atoms with Crippen molar-refractivity contribution in [1.29, 1.82) is 0 Å². The molecule has 1 rings (SSSR count). The minimum Gasteiger partial charge on any atom is -0.467 e. The highest BCUT2D eigenvalue weighted by atomic mass is 16.6. The molecule has 0 bridgehead atoms. The van der Waals surface area contributed by atoms with Gasteiger partial charge in [-0.1, -0.05) is 0 Å². The van der Waals surface area contributed by atoms with Crippen molar-refractivity contribution in [1.82, 2.24) is 4.90 Å². The Hall–Kier alpha value is -1.59. The second-order valence-corrected chi connectivity index (χ2v) is 5.28. The van der Waals surface area contributed by atoms with E-state index in [9.17, 15) is 14.4 Å². The second kappa shape index (κ2) is 4.96. The van der Waals surface area contributed by atoms with Gasteiger partial charge in [-0.2, -0.15) is 0 Å². The Balaban J connectivity index is 2.85. The van der Waals surface area contributed by atoms with E-state index >= 15 is 0 Å². The standard InChI is InChI=1S/C12H19NO5/c1-11(2,3)18-10(16)13-7-5-12(13,6-8-14)9(15)17-4/h8H,5-7H2,1-4H3. The van der Waals surface area contributed by atoms with Crippen LogP contribution in [0.3, 0.4) is 0 Å². The summed E-state index contributed by atoms with van der Waals surface area (Å²) in [6.45, 7) is 5.61. The number of ether oxygens (including phenoxy) is 2. The number of carbonyl (C=O) groups is 3. The molecular weight excluding hydrogens is 238 g/mol. The summed E-state index contributed by atoms with van der Waals surface area (Å²) in [5.74, 6) is -0.577. The molecule has 0 aromatic carbocycles. The third-order valence-electron chi connectivity index (χ3n) is 2.87. The molecule has 18 heavy (non-hydrogen) atoms. The van der Waals surface area contributed by atoms with Gasteiger partial charge < -0.3 is 14.3 Å². The van der Waals surface area contributed by atoms with Gasteiger partial charge in [-0.25, -0.2) is 9.59 Å². The quantitative estimate of drug-likeness (QED) is 0.559. The molecule has 1 heterocycles. The third kappa shape index (κ3) is 2.63. The highest BCUT2D eigenvalue weighted by Gasteiger charge is 2.55. The first kappa shape index (κ1) is 14.5. The molecule has 0 aliphatic carbocycles. The van der Waals surface area contributed by atoms with E-state index in [2.05, 4.69) is 4.74 Å². The number of likely N-dealkylation sites (tertiary alicyclic amines) is 1. The lowest BCUT2D eigenvalue weighted by molar-refractivity contribution is -0.165. The van der Waals surface area contributed by atoms with E-state index < -0.39 is 23.2 Å². The zero-order valence-electron chi connectivity index (χ0n) is 11.2. The van der Waals surface area contributed by atoms with E-state index in [0.717, 1.165) is 0 Å². The number of nitrogens with zero attached hydrogens (tertiary/aromatic N) is 1. The van der Waals surface area contributed by atoms with Gasteiger partial charge in [-0.05, 0) is 27.2 Å². The van der Waals surface area contributed by atoms with Gasteiger partial charge in [-0.3, -0.25) is 4.90 Å². The number of rotatable bonds is 3. The number of carbonyl (C=O) groups excluding carboxylic acids is 3. The molecule has 6 heteroatoms. The van der Waals surface area contributed by atoms with E-state index in [0.29, 0.717) is 19.3 Å². The highest BCUT2D eigenvalue weighted by Crippen LogP contribution is 2.35. The van der Waals surface area contributed by atoms with Crippen molar-refractivity contribution >= 4 is 18.3 Å². The van der Waals surface area contributed by atoms with E-state index in [1.165, 1.54) is 12.0 Å². The Kier molecular flexibility index (Phi) is 3.98. The molecule has 1 amide bonds. The summed E-state index contributed by atoms with van der Waals surface area (Å²) in [5.41, 5.74) is -1.82. The Bertz CT molecular complexity index is 360. The Morgan fingerprint density at radius 2 is 2.00 bits per heavy atom. The number of aldehydes is 1. The molecule has 102 valence electrons. The van der Waals surface area contributed by atoms with Crippen molar-refractivity contribution < 1.29 is 23.9 Å². The second-order valence-electron chi connectivity index (χ2n) is 5.28. The van der Waals surface area contributed by atoms with Crippen LogP contribution in [0, 0.1) is 0 Å². The summed E-state index contributed by atoms with van der Waals surface area (Å²) >= 11 is 0. The van der Waals surface area contributed by atoms with Crippen molar-refractivity contribution in [3.8, 4) is 0 Å². The van der Waals surface area contributed by atoms with Crippen LogP contribution in [-0.4, -0.2) is 48.0 Å². The Morgan fingerprint density at radius 1 is 1.39 bits per heavy atom. The molecule has 0 N–H and O–H groups in total. The number of amides is 1. The van der Waals surface area contributed by atoms with Crippen LogP contribution in [0.15, 0.2) is 0 Å². The molecule has 0 aromatic rings. The van der Waals surface area contributed by atoms with Gasteiger partial charge in [-0.15, -0.1) is 0 Å². The Morgan fingerprint density at radius 3 is 2.33 bits per heavy atom. The number of hydrogen-bond donors (Lipinski definition) is 0. The summed E-state index contributed by atoms with van der Waals surface area (Å²) < 4.78 is 9.87. The zero-order valence-corrected chi connectivity index (χ0v) is 11.2. The fourth-order valence-electron chi connectivity index (χ4n) is 1.91. The normalized spacial score (nSPS) is 23.0. The number of hydrogen-bond acceptors (Lipinski definition) is 5. The molecule has 1 aliphatic heterocycles. The van der Waals surface area contributed by atoms with Crippen LogP contribution in [0.25, 0.3) is 0 Å². The molecule has 1 atom stereocenters. The van der Waals surface area contributed by atoms with Crippen LogP contribution in [0.1, 0.15) is 33.6 Å². The average molecular weight is 257 g/mol. The van der Waals surface area contributed by atoms with Crippen molar-refractivity contribution in [2.75, 3.05) is 13.7 Å². The van der Waals surface area contributed by atoms with Crippen molar-refractivity contribution in [2.45, 2.75) is 44.8 Å². The highest BCUT2D eigenvalue weighted by molar-refractivity contribution is 5.90. The predicted octanol–water partition coefficient (Wildman–Crippen LogP) is 1.13. The molecule has 0 spiro atoms. The van der Waals surface area contributed by atoms with E-state index in [-0.39, 0.29) is 6.42 Å². The van der Waals surface area contributed by atoms with E-state index in [4.69, 9.17) is 4.74 Å². The van der Waals surface area contributed by atoms with Crippen molar-refractivity contribution in [2.24, 2.45) is 0 Å². The molecular formula is C12H19NO5. The average Bonchev–Trinajstić information content (AvgIpc) is 2.20. The molecule has 0 aromatic heterocycles. The third-order valence-corrected chi connectivity index (χ3v) is 2.87. The molecule has 0 radical (unpaired) electrons. The van der Waals surface area contributed by atoms with Crippen LogP contribution in [0.5, 0.6) is 0 Å². The molecule has 6 nitrogen and oxygen atoms in total. The van der Waals surface area contributed by atoms with Crippen LogP contribution in [0.2, 0.25) is 0 Å². The van der Waals surface area contributed by atoms with Gasteiger partial charge in [0.25, 0.3) is 0 Å². The van der Waals surface area contributed by atoms with Crippen molar-refractivity contribution in [3.05, 3.63) is 0 Å². The van der Waals surface area contributed by atoms with E-state index in [1.807, 2.05) is 0 Å². The lowest BCUT2D eigenvalue weighted by Gasteiger charge is -2.49. The molecule has 1 saturated heterocycles. The minimum absolute atomic E-state index is 0.0705. The first-order chi connectivity index (χ1) is 8.27. The number of esters is 1. The molecule has 1 unspecified atom stereocenters. The van der Waals surface area contributed by atoms with Gasteiger partial charge >= 0.3 is 12.1 Å². The molecule has 1 fully saturated rings. The van der Waals surface area contributed by atoms with E-state index in [1.54, 1.807) is 20.8 Å². The zero-order chi connectivity index (χ0) is 14.0. The summed E-state index contributed by atoms with van der Waals surface area (Å²) in [4.78, 5) is 35.7. The maximum absolute atomic E-state index is 11.9. The lowest BCUT2D eigenvalue weighted by atomic mass is 9.82. The summed E-state index contributed by atoms with van der Waals surface area (Å²) in [6, 6.07) is 0. The molecule has 1 aliphatic rings. The fraction of sp³-hybridized carbons (Fsp3) is 0.750. The van der Waals surface area contributed by atoms with Gasteiger partial charge in [0.2, 0.25) is 0 Å². The largest absolute Gasteiger partial charge is 0.467 e. The topological polar surface area (TPSA) is 72.9 Å². The van der Waals surface area contributed by atoms with Gasteiger partial charge in [0, 0.05) is 13.0 Å². The van der Waals surface area contributed by atoms with Crippen molar-refractivity contribution in [3.63, 3.8) is 0 Å². The lowest BCUT2D eigenvalue weighted by Crippen LogP contribution is -2.67. The van der Waals surface area contributed by atoms with Crippen LogP contribution < -0.4 is 0 Å². The molecule has 0 saturated carbocycles. The maximum Gasteiger partial charge on any atom is 0.411 e. The van der Waals surface area contributed by atoms with Gasteiger partial charge in [0.15, 0.2) is 5.54 Å². The monoisotopic (exact) mass is 257 g/mol. The predicted molar refractivity (Wildman–Crippen MR) is 63.0 cm³/mol. The van der Waals surface area contributed by atoms with Crippen LogP contribution >= 0.6 is 0 Å². The minimum atomic E-state index is -1.18.